The summed E-state index contributed by atoms with van der Waals surface area (Å²) in [4.78, 5) is 23.1. The van der Waals surface area contributed by atoms with Crippen LogP contribution in [0.15, 0.2) is 30.3 Å². The number of fused-ring (bicyclic) bond motifs is 2. The Labute approximate surface area is 168 Å². The Balaban J connectivity index is 1.32. The maximum Gasteiger partial charge on any atom is 0.253 e. The first-order valence-corrected chi connectivity index (χ1v) is 10.8. The molecule has 6 nitrogen and oxygen atoms in total. The molecule has 1 atom stereocenters. The molecule has 1 unspecified atom stereocenters. The third kappa shape index (κ3) is 3.26. The Morgan fingerprint density at radius 1 is 1.04 bits per heavy atom. The zero-order valence-electron chi connectivity index (χ0n) is 16.9. The molecule has 1 spiro atoms. The maximum atomic E-state index is 13.2. The molecule has 152 valence electrons. The van der Waals surface area contributed by atoms with Crippen LogP contribution in [0, 0.1) is 0 Å². The molecule has 4 fully saturated rings. The zero-order chi connectivity index (χ0) is 19.1. The van der Waals surface area contributed by atoms with E-state index in [4.69, 9.17) is 4.74 Å². The number of carbonyl (C=O) groups is 1. The summed E-state index contributed by atoms with van der Waals surface area (Å²) in [5, 5.41) is 0. The maximum absolute atomic E-state index is 13.2. The zero-order valence-corrected chi connectivity index (χ0v) is 16.9. The first kappa shape index (κ1) is 18.6. The van der Waals surface area contributed by atoms with Gasteiger partial charge in [-0.1, -0.05) is 18.2 Å². The molecule has 4 heterocycles. The summed E-state index contributed by atoms with van der Waals surface area (Å²) >= 11 is 0. The number of piperazine rings is 1. The van der Waals surface area contributed by atoms with Crippen LogP contribution in [-0.2, 0) is 4.74 Å². The molecule has 1 aromatic carbocycles. The monoisotopic (exact) mass is 384 g/mol. The van der Waals surface area contributed by atoms with Gasteiger partial charge in [0.25, 0.3) is 5.91 Å². The molecule has 0 N–H and O–H groups in total. The molecular weight excluding hydrogens is 352 g/mol. The molecule has 4 aliphatic rings. The molecule has 6 heteroatoms. The van der Waals surface area contributed by atoms with Crippen molar-refractivity contribution in [3.05, 3.63) is 35.9 Å². The van der Waals surface area contributed by atoms with E-state index in [0.717, 1.165) is 51.5 Å². The second kappa shape index (κ2) is 7.41. The fourth-order valence-corrected chi connectivity index (χ4v) is 5.72. The van der Waals surface area contributed by atoms with Gasteiger partial charge in [0.15, 0.2) is 0 Å². The molecule has 1 aromatic rings. The predicted octanol–water partition coefficient (Wildman–Crippen LogP) is 0.992. The van der Waals surface area contributed by atoms with Crippen LogP contribution >= 0.6 is 0 Å². The van der Waals surface area contributed by atoms with Crippen LogP contribution in [0.4, 0.5) is 0 Å². The Morgan fingerprint density at radius 2 is 1.79 bits per heavy atom. The van der Waals surface area contributed by atoms with E-state index >= 15 is 0 Å². The van der Waals surface area contributed by atoms with Crippen molar-refractivity contribution < 1.29 is 9.53 Å². The summed E-state index contributed by atoms with van der Waals surface area (Å²) in [5.74, 6) is 0.169. The number of amides is 1. The molecule has 0 aromatic heterocycles. The van der Waals surface area contributed by atoms with Crippen LogP contribution in [0.25, 0.3) is 0 Å². The van der Waals surface area contributed by atoms with Gasteiger partial charge in [-0.3, -0.25) is 14.6 Å². The Bertz CT molecular complexity index is 698. The molecule has 4 saturated heterocycles. The molecule has 0 radical (unpaired) electrons. The van der Waals surface area contributed by atoms with Gasteiger partial charge in [0, 0.05) is 44.3 Å². The van der Waals surface area contributed by atoms with Gasteiger partial charge in [0.1, 0.15) is 0 Å². The van der Waals surface area contributed by atoms with Crippen LogP contribution < -0.4 is 0 Å². The fourth-order valence-electron chi connectivity index (χ4n) is 5.72. The SMILES string of the molecule is CN1CCC(N2CC3(CN(C(=O)c4ccccc4)CC4COCCN43)C2)CC1. The van der Waals surface area contributed by atoms with E-state index in [9.17, 15) is 4.79 Å². The minimum absolute atomic E-state index is 0.112. The molecule has 0 saturated carbocycles. The van der Waals surface area contributed by atoms with Gasteiger partial charge in [-0.05, 0) is 45.1 Å². The highest BCUT2D eigenvalue weighted by atomic mass is 16.5. The third-order valence-electron chi connectivity index (χ3n) is 7.26. The molecule has 0 aliphatic carbocycles. The highest BCUT2D eigenvalue weighted by molar-refractivity contribution is 5.94. The number of carbonyl (C=O) groups excluding carboxylic acids is 1. The first-order chi connectivity index (χ1) is 13.6. The van der Waals surface area contributed by atoms with E-state index in [-0.39, 0.29) is 11.4 Å². The summed E-state index contributed by atoms with van der Waals surface area (Å²) in [6.45, 7) is 8.78. The minimum atomic E-state index is 0.112. The Hall–Kier alpha value is -1.47. The van der Waals surface area contributed by atoms with Crippen LogP contribution in [-0.4, -0.2) is 109 Å². The minimum Gasteiger partial charge on any atom is -0.378 e. The standard InChI is InChI=1S/C22H32N4O2/c1-23-9-7-19(8-10-23)25-16-22(17-25)15-24(13-20-14-28-12-11-26(20)22)21(27)18-5-3-2-4-6-18/h2-6,19-20H,7-17H2,1H3. The topological polar surface area (TPSA) is 39.3 Å². The van der Waals surface area contributed by atoms with Crippen molar-refractivity contribution in [2.45, 2.75) is 30.5 Å². The number of morpholine rings is 1. The molecule has 5 rings (SSSR count). The van der Waals surface area contributed by atoms with E-state index in [1.165, 1.54) is 25.9 Å². The van der Waals surface area contributed by atoms with Gasteiger partial charge < -0.3 is 14.5 Å². The summed E-state index contributed by atoms with van der Waals surface area (Å²) in [6, 6.07) is 10.8. The average molecular weight is 385 g/mol. The number of rotatable bonds is 2. The van der Waals surface area contributed by atoms with Crippen molar-refractivity contribution in [3.8, 4) is 0 Å². The Morgan fingerprint density at radius 3 is 2.54 bits per heavy atom. The highest BCUT2D eigenvalue weighted by Crippen LogP contribution is 2.38. The van der Waals surface area contributed by atoms with Crippen molar-refractivity contribution in [3.63, 3.8) is 0 Å². The summed E-state index contributed by atoms with van der Waals surface area (Å²) < 4.78 is 5.79. The lowest BCUT2D eigenvalue weighted by Crippen LogP contribution is -2.82. The van der Waals surface area contributed by atoms with E-state index < -0.39 is 0 Å². The first-order valence-electron chi connectivity index (χ1n) is 10.8. The smallest absolute Gasteiger partial charge is 0.253 e. The van der Waals surface area contributed by atoms with Gasteiger partial charge in [-0.25, -0.2) is 0 Å². The lowest BCUT2D eigenvalue weighted by molar-refractivity contribution is -0.169. The fraction of sp³-hybridized carbons (Fsp3) is 0.682. The molecule has 1 amide bonds. The molecular formula is C22H32N4O2. The number of hydrogen-bond acceptors (Lipinski definition) is 5. The van der Waals surface area contributed by atoms with Crippen molar-refractivity contribution in [2.24, 2.45) is 0 Å². The van der Waals surface area contributed by atoms with Crippen LogP contribution in [0.1, 0.15) is 23.2 Å². The van der Waals surface area contributed by atoms with Gasteiger partial charge in [-0.2, -0.15) is 0 Å². The summed E-state index contributed by atoms with van der Waals surface area (Å²) in [6.07, 6.45) is 2.54. The highest BCUT2D eigenvalue weighted by Gasteiger charge is 2.56. The largest absolute Gasteiger partial charge is 0.378 e. The number of benzene rings is 1. The van der Waals surface area contributed by atoms with Crippen LogP contribution in [0.5, 0.6) is 0 Å². The van der Waals surface area contributed by atoms with Gasteiger partial charge in [0.05, 0.1) is 24.8 Å². The van der Waals surface area contributed by atoms with Crippen molar-refractivity contribution in [1.29, 1.82) is 0 Å². The van der Waals surface area contributed by atoms with E-state index in [2.05, 4.69) is 26.6 Å². The summed E-state index contributed by atoms with van der Waals surface area (Å²) in [5.41, 5.74) is 0.912. The van der Waals surface area contributed by atoms with E-state index in [1.807, 2.05) is 30.3 Å². The average Bonchev–Trinajstić information content (AvgIpc) is 2.72. The lowest BCUT2D eigenvalue weighted by Gasteiger charge is -2.65. The number of piperidine rings is 1. The third-order valence-corrected chi connectivity index (χ3v) is 7.26. The second-order valence-electron chi connectivity index (χ2n) is 9.14. The second-order valence-corrected chi connectivity index (χ2v) is 9.14. The number of hydrogen-bond donors (Lipinski definition) is 0. The van der Waals surface area contributed by atoms with Gasteiger partial charge in [-0.15, -0.1) is 0 Å². The van der Waals surface area contributed by atoms with Crippen molar-refractivity contribution in [1.82, 2.24) is 19.6 Å². The number of likely N-dealkylation sites (tertiary alicyclic amines) is 2. The quantitative estimate of drug-likeness (QED) is 0.761. The van der Waals surface area contributed by atoms with Crippen molar-refractivity contribution >= 4 is 5.91 Å². The molecule has 4 aliphatic heterocycles. The normalized spacial score (nSPS) is 29.5. The number of ether oxygens (including phenoxy) is 1. The van der Waals surface area contributed by atoms with Crippen LogP contribution in [0.2, 0.25) is 0 Å². The lowest BCUT2D eigenvalue weighted by atomic mass is 9.80. The Kier molecular flexibility index (Phi) is 4.91. The molecule has 0 bridgehead atoms. The number of nitrogens with zero attached hydrogens (tertiary/aromatic N) is 4. The predicted molar refractivity (Wildman–Crippen MR) is 108 cm³/mol. The molecule has 28 heavy (non-hydrogen) atoms. The van der Waals surface area contributed by atoms with Gasteiger partial charge >= 0.3 is 0 Å². The van der Waals surface area contributed by atoms with E-state index in [1.54, 1.807) is 0 Å². The van der Waals surface area contributed by atoms with Crippen LogP contribution in [0.3, 0.4) is 0 Å². The van der Waals surface area contributed by atoms with Gasteiger partial charge in [0.2, 0.25) is 0 Å². The summed E-state index contributed by atoms with van der Waals surface area (Å²) in [7, 11) is 2.22. The van der Waals surface area contributed by atoms with E-state index in [0.29, 0.717) is 12.1 Å². The van der Waals surface area contributed by atoms with Crippen molar-refractivity contribution in [2.75, 3.05) is 66.1 Å².